The van der Waals surface area contributed by atoms with Gasteiger partial charge in [0.1, 0.15) is 12.0 Å². The Bertz CT molecular complexity index is 1330. The number of amides is 1. The summed E-state index contributed by atoms with van der Waals surface area (Å²) in [4.78, 5) is 23.0. The number of rotatable bonds is 3. The molecule has 0 unspecified atom stereocenters. The number of H-pyrrole nitrogens is 1. The Morgan fingerprint density at radius 3 is 2.67 bits per heavy atom. The standard InChI is InChI=1S/C20H18N6O3S/c27-20(25-6-8-30(28,29)9-7-25)16-10-15-4-5-26(19(15)21-12-16)17-3-1-2-14(11-17)18-22-13-23-24-18/h1-5,10-13H,6-9H2,(H,22,23,24). The molecule has 0 spiro atoms. The molecule has 1 fully saturated rings. The van der Waals surface area contributed by atoms with Crippen LogP contribution in [0.15, 0.2) is 55.1 Å². The van der Waals surface area contributed by atoms with Gasteiger partial charge in [0.2, 0.25) is 0 Å². The van der Waals surface area contributed by atoms with E-state index in [1.165, 1.54) is 6.33 Å². The molecule has 1 aliphatic rings. The SMILES string of the molecule is O=C(c1cnc2c(ccn2-c2cccc(-c3ncn[nH]3)c2)c1)N1CCS(=O)(=O)CC1. The summed E-state index contributed by atoms with van der Waals surface area (Å²) in [5.74, 6) is 0.496. The molecular weight excluding hydrogens is 404 g/mol. The molecule has 1 N–H and O–H groups in total. The van der Waals surface area contributed by atoms with Crippen molar-refractivity contribution in [3.05, 3.63) is 60.7 Å². The summed E-state index contributed by atoms with van der Waals surface area (Å²) in [6, 6.07) is 11.5. The van der Waals surface area contributed by atoms with E-state index < -0.39 is 9.84 Å². The van der Waals surface area contributed by atoms with Crippen LogP contribution in [0.1, 0.15) is 10.4 Å². The zero-order chi connectivity index (χ0) is 20.7. The number of hydrogen-bond donors (Lipinski definition) is 1. The highest BCUT2D eigenvalue weighted by Crippen LogP contribution is 2.23. The first-order chi connectivity index (χ1) is 14.5. The van der Waals surface area contributed by atoms with E-state index in [9.17, 15) is 13.2 Å². The maximum absolute atomic E-state index is 12.8. The number of aromatic amines is 1. The summed E-state index contributed by atoms with van der Waals surface area (Å²) in [6.45, 7) is 0.434. The maximum atomic E-state index is 12.8. The minimum absolute atomic E-state index is 0.00627. The predicted octanol–water partition coefficient (Wildman–Crippen LogP) is 1.68. The van der Waals surface area contributed by atoms with Crippen LogP contribution < -0.4 is 0 Å². The van der Waals surface area contributed by atoms with Gasteiger partial charge in [0, 0.05) is 42.1 Å². The number of sulfone groups is 1. The lowest BCUT2D eigenvalue weighted by atomic mass is 10.2. The molecular formula is C20H18N6O3S. The second-order valence-corrected chi connectivity index (χ2v) is 9.45. The molecule has 3 aromatic heterocycles. The quantitative estimate of drug-likeness (QED) is 0.537. The average molecular weight is 422 g/mol. The number of nitrogens with one attached hydrogen (secondary N) is 1. The summed E-state index contributed by atoms with van der Waals surface area (Å²) in [5.41, 5.74) is 2.99. The molecule has 0 atom stereocenters. The van der Waals surface area contributed by atoms with Crippen LogP contribution in [0.5, 0.6) is 0 Å². The van der Waals surface area contributed by atoms with Gasteiger partial charge < -0.3 is 9.47 Å². The van der Waals surface area contributed by atoms with E-state index in [0.717, 1.165) is 22.3 Å². The van der Waals surface area contributed by atoms with Crippen molar-refractivity contribution in [3.8, 4) is 17.1 Å². The van der Waals surface area contributed by atoms with Crippen LogP contribution >= 0.6 is 0 Å². The molecule has 0 bridgehead atoms. The molecule has 0 radical (unpaired) electrons. The lowest BCUT2D eigenvalue weighted by molar-refractivity contribution is 0.0770. The molecule has 1 saturated heterocycles. The van der Waals surface area contributed by atoms with E-state index in [2.05, 4.69) is 20.2 Å². The molecule has 1 amide bonds. The van der Waals surface area contributed by atoms with E-state index in [0.29, 0.717) is 11.4 Å². The Morgan fingerprint density at radius 1 is 1.07 bits per heavy atom. The Morgan fingerprint density at radius 2 is 1.90 bits per heavy atom. The summed E-state index contributed by atoms with van der Waals surface area (Å²) in [5, 5.41) is 7.57. The van der Waals surface area contributed by atoms with Crippen molar-refractivity contribution in [3.63, 3.8) is 0 Å². The van der Waals surface area contributed by atoms with E-state index in [1.807, 2.05) is 41.1 Å². The van der Waals surface area contributed by atoms with E-state index in [4.69, 9.17) is 0 Å². The van der Waals surface area contributed by atoms with Gasteiger partial charge in [0.25, 0.3) is 5.91 Å². The highest BCUT2D eigenvalue weighted by Gasteiger charge is 2.26. The molecule has 4 heterocycles. The number of hydrogen-bond acceptors (Lipinski definition) is 6. The van der Waals surface area contributed by atoms with Crippen LogP contribution in [0.4, 0.5) is 0 Å². The number of fused-ring (bicyclic) bond motifs is 1. The van der Waals surface area contributed by atoms with Gasteiger partial charge in [-0.15, -0.1) is 0 Å². The summed E-state index contributed by atoms with van der Waals surface area (Å²) < 4.78 is 25.1. The summed E-state index contributed by atoms with van der Waals surface area (Å²) in [7, 11) is -3.04. The molecule has 1 aliphatic heterocycles. The van der Waals surface area contributed by atoms with Gasteiger partial charge in [-0.3, -0.25) is 9.89 Å². The van der Waals surface area contributed by atoms with Gasteiger partial charge in [0.15, 0.2) is 15.7 Å². The van der Waals surface area contributed by atoms with E-state index >= 15 is 0 Å². The third-order valence-corrected chi connectivity index (χ3v) is 6.83. The number of nitrogens with zero attached hydrogens (tertiary/aromatic N) is 5. The Balaban J connectivity index is 1.45. The fourth-order valence-electron chi connectivity index (χ4n) is 3.59. The molecule has 10 heteroatoms. The van der Waals surface area contributed by atoms with Crippen LogP contribution in [0.25, 0.3) is 28.1 Å². The molecule has 30 heavy (non-hydrogen) atoms. The van der Waals surface area contributed by atoms with Gasteiger partial charge in [-0.2, -0.15) is 5.10 Å². The van der Waals surface area contributed by atoms with Gasteiger partial charge in [-0.1, -0.05) is 12.1 Å². The molecule has 0 aliphatic carbocycles. The van der Waals surface area contributed by atoms with Crippen LogP contribution in [-0.4, -0.2) is 68.6 Å². The number of carbonyl (C=O) groups is 1. The second-order valence-electron chi connectivity index (χ2n) is 7.15. The Kier molecular flexibility index (Phi) is 4.35. The largest absolute Gasteiger partial charge is 0.337 e. The maximum Gasteiger partial charge on any atom is 0.255 e. The minimum atomic E-state index is -3.04. The van der Waals surface area contributed by atoms with Crippen LogP contribution in [0, 0.1) is 0 Å². The van der Waals surface area contributed by atoms with Crippen molar-refractivity contribution in [1.29, 1.82) is 0 Å². The lowest BCUT2D eigenvalue weighted by Crippen LogP contribution is -2.43. The zero-order valence-electron chi connectivity index (χ0n) is 15.9. The van der Waals surface area contributed by atoms with Gasteiger partial charge >= 0.3 is 0 Å². The Hall–Kier alpha value is -3.53. The normalized spacial score (nSPS) is 16.1. The van der Waals surface area contributed by atoms with Crippen molar-refractivity contribution >= 4 is 26.8 Å². The summed E-state index contributed by atoms with van der Waals surface area (Å²) >= 11 is 0. The van der Waals surface area contributed by atoms with E-state index in [1.54, 1.807) is 17.2 Å². The van der Waals surface area contributed by atoms with Crippen molar-refractivity contribution < 1.29 is 13.2 Å². The molecule has 5 rings (SSSR count). The van der Waals surface area contributed by atoms with Crippen LogP contribution in [0.2, 0.25) is 0 Å². The molecule has 9 nitrogen and oxygen atoms in total. The highest BCUT2D eigenvalue weighted by atomic mass is 32.2. The number of aromatic nitrogens is 5. The first kappa shape index (κ1) is 18.5. The minimum Gasteiger partial charge on any atom is -0.337 e. The second kappa shape index (κ2) is 7.06. The van der Waals surface area contributed by atoms with Crippen molar-refractivity contribution in [2.45, 2.75) is 0 Å². The predicted molar refractivity (Wildman–Crippen MR) is 111 cm³/mol. The first-order valence-electron chi connectivity index (χ1n) is 9.43. The fraction of sp³-hybridized carbons (Fsp3) is 0.200. The van der Waals surface area contributed by atoms with Crippen molar-refractivity contribution in [1.82, 2.24) is 29.6 Å². The first-order valence-corrected chi connectivity index (χ1v) is 11.3. The molecule has 0 saturated carbocycles. The number of carbonyl (C=O) groups excluding carboxylic acids is 1. The van der Waals surface area contributed by atoms with Gasteiger partial charge in [-0.25, -0.2) is 18.4 Å². The highest BCUT2D eigenvalue weighted by molar-refractivity contribution is 7.91. The molecule has 152 valence electrons. The Labute approximate surface area is 172 Å². The topological polar surface area (TPSA) is 114 Å². The van der Waals surface area contributed by atoms with Gasteiger partial charge in [0.05, 0.1) is 17.1 Å². The van der Waals surface area contributed by atoms with Crippen molar-refractivity contribution in [2.24, 2.45) is 0 Å². The third kappa shape index (κ3) is 3.35. The monoisotopic (exact) mass is 422 g/mol. The van der Waals surface area contributed by atoms with E-state index in [-0.39, 0.29) is 30.5 Å². The van der Waals surface area contributed by atoms with Crippen molar-refractivity contribution in [2.75, 3.05) is 24.6 Å². The molecule has 4 aromatic rings. The van der Waals surface area contributed by atoms with Gasteiger partial charge in [-0.05, 0) is 24.3 Å². The van der Waals surface area contributed by atoms with Crippen LogP contribution in [0.3, 0.4) is 0 Å². The summed E-state index contributed by atoms with van der Waals surface area (Å²) in [6.07, 6.45) is 4.91. The smallest absolute Gasteiger partial charge is 0.255 e. The fourth-order valence-corrected chi connectivity index (χ4v) is 4.80. The lowest BCUT2D eigenvalue weighted by Gasteiger charge is -2.26. The number of benzene rings is 1. The zero-order valence-corrected chi connectivity index (χ0v) is 16.7. The third-order valence-electron chi connectivity index (χ3n) is 5.22. The van der Waals surface area contributed by atoms with Crippen LogP contribution in [-0.2, 0) is 9.84 Å². The number of pyridine rings is 1. The molecule has 1 aromatic carbocycles. The average Bonchev–Trinajstić information content (AvgIpc) is 3.43.